The third kappa shape index (κ3) is 3.91. The van der Waals surface area contributed by atoms with Gasteiger partial charge in [0.05, 0.1) is 0 Å². The van der Waals surface area contributed by atoms with Gasteiger partial charge in [-0.2, -0.15) is 15.0 Å². The highest BCUT2D eigenvalue weighted by Gasteiger charge is 2.07. The standard InChI is InChI=1S/C10H13ClN4O/c1-4-6-12-9-13-8(11)14-10(15-9)16-7(3)5-2/h2,7H,4,6H2,1,3H3,(H,12,13,14,15). The Bertz CT molecular complexity index is 391. The van der Waals surface area contributed by atoms with Gasteiger partial charge >= 0.3 is 6.01 Å². The Hall–Kier alpha value is -1.54. The van der Waals surface area contributed by atoms with E-state index in [0.29, 0.717) is 5.95 Å². The van der Waals surface area contributed by atoms with Crippen LogP contribution in [0.2, 0.25) is 5.28 Å². The number of nitrogens with one attached hydrogen (secondary N) is 1. The monoisotopic (exact) mass is 240 g/mol. The zero-order chi connectivity index (χ0) is 12.0. The van der Waals surface area contributed by atoms with Crippen molar-refractivity contribution in [3.8, 4) is 18.4 Å². The Labute approximate surface area is 99.6 Å². The zero-order valence-electron chi connectivity index (χ0n) is 9.20. The van der Waals surface area contributed by atoms with Crippen LogP contribution in [0.1, 0.15) is 20.3 Å². The number of ether oxygens (including phenoxy) is 1. The molecule has 0 radical (unpaired) electrons. The van der Waals surface area contributed by atoms with Crippen molar-refractivity contribution in [1.29, 1.82) is 0 Å². The Balaban J connectivity index is 2.77. The summed E-state index contributed by atoms with van der Waals surface area (Å²) in [4.78, 5) is 11.7. The van der Waals surface area contributed by atoms with Crippen molar-refractivity contribution < 1.29 is 4.74 Å². The van der Waals surface area contributed by atoms with Gasteiger partial charge in [0.1, 0.15) is 0 Å². The average molecular weight is 241 g/mol. The summed E-state index contributed by atoms with van der Waals surface area (Å²) >= 11 is 5.72. The number of nitrogens with zero attached hydrogens (tertiary/aromatic N) is 3. The number of hydrogen-bond acceptors (Lipinski definition) is 5. The lowest BCUT2D eigenvalue weighted by molar-refractivity contribution is 0.255. The highest BCUT2D eigenvalue weighted by atomic mass is 35.5. The van der Waals surface area contributed by atoms with E-state index in [1.165, 1.54) is 0 Å². The predicted octanol–water partition coefficient (Wildman–Crippen LogP) is 1.75. The molecular formula is C10H13ClN4O. The van der Waals surface area contributed by atoms with Gasteiger partial charge < -0.3 is 10.1 Å². The zero-order valence-corrected chi connectivity index (χ0v) is 9.95. The van der Waals surface area contributed by atoms with Crippen LogP contribution >= 0.6 is 11.6 Å². The minimum absolute atomic E-state index is 0.0767. The SMILES string of the molecule is C#CC(C)Oc1nc(Cl)nc(NCCC)n1. The Morgan fingerprint density at radius 3 is 2.88 bits per heavy atom. The molecule has 0 amide bonds. The average Bonchev–Trinajstić information content (AvgIpc) is 2.25. The smallest absolute Gasteiger partial charge is 0.323 e. The molecule has 1 atom stereocenters. The molecule has 1 rings (SSSR count). The number of halogens is 1. The molecule has 0 bridgehead atoms. The lowest BCUT2D eigenvalue weighted by Crippen LogP contribution is -2.13. The second-order valence-electron chi connectivity index (χ2n) is 3.06. The van der Waals surface area contributed by atoms with E-state index in [1.807, 2.05) is 6.92 Å². The summed E-state index contributed by atoms with van der Waals surface area (Å²) in [5, 5.41) is 3.07. The molecule has 0 saturated heterocycles. The van der Waals surface area contributed by atoms with Crippen LogP contribution in [0.5, 0.6) is 6.01 Å². The van der Waals surface area contributed by atoms with Crippen LogP contribution in [-0.4, -0.2) is 27.6 Å². The largest absolute Gasteiger partial charge is 0.447 e. The van der Waals surface area contributed by atoms with Gasteiger partial charge in [0.25, 0.3) is 0 Å². The molecule has 0 saturated carbocycles. The minimum Gasteiger partial charge on any atom is -0.447 e. The van der Waals surface area contributed by atoms with Crippen LogP contribution in [0.4, 0.5) is 5.95 Å². The van der Waals surface area contributed by atoms with Crippen molar-refractivity contribution in [3.05, 3.63) is 5.28 Å². The van der Waals surface area contributed by atoms with Gasteiger partial charge in [-0.05, 0) is 24.9 Å². The van der Waals surface area contributed by atoms with E-state index in [0.717, 1.165) is 13.0 Å². The number of rotatable bonds is 5. The molecule has 0 fully saturated rings. The van der Waals surface area contributed by atoms with Gasteiger partial charge in [-0.3, -0.25) is 0 Å². The van der Waals surface area contributed by atoms with E-state index in [9.17, 15) is 0 Å². The van der Waals surface area contributed by atoms with Crippen LogP contribution in [-0.2, 0) is 0 Å². The molecule has 16 heavy (non-hydrogen) atoms. The fourth-order valence-corrected chi connectivity index (χ4v) is 1.04. The molecule has 0 aromatic carbocycles. The Morgan fingerprint density at radius 1 is 1.50 bits per heavy atom. The summed E-state index contributed by atoms with van der Waals surface area (Å²) in [7, 11) is 0. The molecular weight excluding hydrogens is 228 g/mol. The van der Waals surface area contributed by atoms with Crippen molar-refractivity contribution >= 4 is 17.5 Å². The fourth-order valence-electron chi connectivity index (χ4n) is 0.893. The minimum atomic E-state index is -0.405. The predicted molar refractivity (Wildman–Crippen MR) is 62.5 cm³/mol. The number of anilines is 1. The summed E-state index contributed by atoms with van der Waals surface area (Å²) in [6.45, 7) is 4.51. The molecule has 0 aliphatic carbocycles. The summed E-state index contributed by atoms with van der Waals surface area (Å²) in [6.07, 6.45) is 5.73. The highest BCUT2D eigenvalue weighted by molar-refractivity contribution is 6.28. The first-order valence-corrected chi connectivity index (χ1v) is 5.31. The number of hydrogen-bond donors (Lipinski definition) is 1. The van der Waals surface area contributed by atoms with Gasteiger partial charge in [-0.25, -0.2) is 0 Å². The molecule has 1 aromatic rings. The van der Waals surface area contributed by atoms with E-state index < -0.39 is 6.10 Å². The Morgan fingerprint density at radius 2 is 2.25 bits per heavy atom. The molecule has 0 aliphatic rings. The first kappa shape index (κ1) is 12.5. The van der Waals surface area contributed by atoms with Gasteiger partial charge in [-0.1, -0.05) is 12.8 Å². The van der Waals surface area contributed by atoms with E-state index in [-0.39, 0.29) is 11.3 Å². The van der Waals surface area contributed by atoms with Crippen molar-refractivity contribution in [2.24, 2.45) is 0 Å². The third-order valence-electron chi connectivity index (χ3n) is 1.64. The molecule has 1 N–H and O–H groups in total. The molecule has 1 unspecified atom stereocenters. The van der Waals surface area contributed by atoms with Crippen LogP contribution in [0.25, 0.3) is 0 Å². The number of terminal acetylenes is 1. The summed E-state index contributed by atoms with van der Waals surface area (Å²) < 4.78 is 5.24. The van der Waals surface area contributed by atoms with Crippen molar-refractivity contribution in [3.63, 3.8) is 0 Å². The molecule has 0 spiro atoms. The lowest BCUT2D eigenvalue weighted by Gasteiger charge is -2.08. The Kier molecular flexibility index (Phi) is 4.80. The van der Waals surface area contributed by atoms with Gasteiger partial charge in [-0.15, -0.1) is 6.42 Å². The normalized spacial score (nSPS) is 11.6. The lowest BCUT2D eigenvalue weighted by atomic mass is 10.4. The van der Waals surface area contributed by atoms with Crippen molar-refractivity contribution in [1.82, 2.24) is 15.0 Å². The molecule has 1 aromatic heterocycles. The highest BCUT2D eigenvalue weighted by Crippen LogP contribution is 2.12. The van der Waals surface area contributed by atoms with Crippen molar-refractivity contribution in [2.45, 2.75) is 26.4 Å². The first-order valence-electron chi connectivity index (χ1n) is 4.94. The fraction of sp³-hybridized carbons (Fsp3) is 0.500. The van der Waals surface area contributed by atoms with E-state index in [2.05, 4.69) is 26.2 Å². The molecule has 6 heteroatoms. The van der Waals surface area contributed by atoms with E-state index >= 15 is 0 Å². The van der Waals surface area contributed by atoms with Gasteiger partial charge in [0, 0.05) is 6.54 Å². The molecule has 5 nitrogen and oxygen atoms in total. The summed E-state index contributed by atoms with van der Waals surface area (Å²) in [5.41, 5.74) is 0. The number of aromatic nitrogens is 3. The van der Waals surface area contributed by atoms with Crippen LogP contribution < -0.4 is 10.1 Å². The maximum absolute atomic E-state index is 5.72. The van der Waals surface area contributed by atoms with Crippen LogP contribution in [0.15, 0.2) is 0 Å². The summed E-state index contributed by atoms with van der Waals surface area (Å²) in [5.74, 6) is 2.80. The third-order valence-corrected chi connectivity index (χ3v) is 1.81. The van der Waals surface area contributed by atoms with Crippen LogP contribution in [0, 0.1) is 12.3 Å². The van der Waals surface area contributed by atoms with Gasteiger partial charge in [0.2, 0.25) is 11.2 Å². The van der Waals surface area contributed by atoms with E-state index in [1.54, 1.807) is 6.92 Å². The van der Waals surface area contributed by atoms with E-state index in [4.69, 9.17) is 22.8 Å². The summed E-state index contributed by atoms with van der Waals surface area (Å²) in [6, 6.07) is 0.129. The maximum Gasteiger partial charge on any atom is 0.323 e. The maximum atomic E-state index is 5.72. The molecule has 0 aliphatic heterocycles. The van der Waals surface area contributed by atoms with Crippen molar-refractivity contribution in [2.75, 3.05) is 11.9 Å². The topological polar surface area (TPSA) is 59.9 Å². The quantitative estimate of drug-likeness (QED) is 0.795. The van der Waals surface area contributed by atoms with Crippen LogP contribution in [0.3, 0.4) is 0 Å². The second kappa shape index (κ2) is 6.13. The molecule has 1 heterocycles. The second-order valence-corrected chi connectivity index (χ2v) is 3.40. The first-order chi connectivity index (χ1) is 7.65. The van der Waals surface area contributed by atoms with Gasteiger partial charge in [0.15, 0.2) is 6.10 Å². The molecule has 86 valence electrons.